The van der Waals surface area contributed by atoms with E-state index in [-0.39, 0.29) is 59.5 Å². The maximum absolute atomic E-state index is 11.4. The van der Waals surface area contributed by atoms with Gasteiger partial charge in [-0.05, 0) is 5.52 Å². The first kappa shape index (κ1) is 19.2. The van der Waals surface area contributed by atoms with Gasteiger partial charge in [0.25, 0.3) is 0 Å². The van der Waals surface area contributed by atoms with Gasteiger partial charge in [0.15, 0.2) is 0 Å². The molecule has 8 heteroatoms. The molecule has 0 atom stereocenters. The molecule has 18 heavy (non-hydrogen) atoms. The monoisotopic (exact) mass is 710 g/mol. The molecule has 1 radical (unpaired) electrons. The van der Waals surface area contributed by atoms with Gasteiger partial charge in [-0.2, -0.15) is 0 Å². The Morgan fingerprint density at radius 3 is 2.67 bits per heavy atom. The molecule has 4 nitrogen and oxygen atoms in total. The Bertz CT molecular complexity index is 685. The molecular formula is C10H5I2N3OWY-2. The molecule has 0 aliphatic rings. The maximum Gasteiger partial charge on any atom is 0.0736 e. The van der Waals surface area contributed by atoms with Crippen molar-refractivity contribution in [3.8, 4) is 0 Å². The Balaban J connectivity index is 0.000000691. The normalized spacial score (nSPS) is 9.00. The summed E-state index contributed by atoms with van der Waals surface area (Å²) in [7, 11) is 0. The zero-order chi connectivity index (χ0) is 11.5. The number of rotatable bonds is 0. The molecule has 0 aliphatic heterocycles. The van der Waals surface area contributed by atoms with E-state index in [4.69, 9.17) is 0 Å². The molecule has 0 fully saturated rings. The zero-order valence-electron chi connectivity index (χ0n) is 8.88. The molecular weight excluding hydrogens is 705 g/mol. The van der Waals surface area contributed by atoms with Crippen molar-refractivity contribution in [2.45, 2.75) is 0 Å². The minimum Gasteiger partial charge on any atom is -0.496 e. The average molecular weight is 710 g/mol. The number of fused-ring (bicyclic) bond motifs is 3. The van der Waals surface area contributed by atoms with Gasteiger partial charge in [0.1, 0.15) is 0 Å². The van der Waals surface area contributed by atoms with Crippen molar-refractivity contribution in [1.82, 2.24) is 14.4 Å². The number of benzene rings is 1. The van der Waals surface area contributed by atoms with Crippen LogP contribution >= 0.6 is 37.2 Å². The quantitative estimate of drug-likeness (QED) is 0.267. The minimum atomic E-state index is -0.337. The van der Waals surface area contributed by atoms with Crippen molar-refractivity contribution in [1.29, 1.82) is 0 Å². The second-order valence-corrected chi connectivity index (χ2v) is 2.99. The Kier molecular flexibility index (Phi) is 9.74. The predicted octanol–water partition coefficient (Wildman–Crippen LogP) is 2.37. The van der Waals surface area contributed by atoms with Crippen molar-refractivity contribution in [2.24, 2.45) is 0 Å². The molecule has 2 aromatic heterocycles. The van der Waals surface area contributed by atoms with Crippen LogP contribution in [0.4, 0.5) is 0 Å². The first-order valence-electron chi connectivity index (χ1n) is 4.31. The molecule has 0 bridgehead atoms. The molecule has 91 valence electrons. The SMILES string of the molecule is II.O=c1[n-]c2ccccc2c2cn[c-]n12.[W].[Y]. The molecule has 3 rings (SSSR count). The van der Waals surface area contributed by atoms with E-state index in [0.717, 1.165) is 10.9 Å². The van der Waals surface area contributed by atoms with Gasteiger partial charge in [-0.1, -0.05) is 42.2 Å². The third kappa shape index (κ3) is 3.84. The minimum absolute atomic E-state index is 0. The van der Waals surface area contributed by atoms with Gasteiger partial charge in [0.2, 0.25) is 0 Å². The summed E-state index contributed by atoms with van der Waals surface area (Å²) < 4.78 is 1.32. The van der Waals surface area contributed by atoms with Crippen molar-refractivity contribution >= 4 is 53.7 Å². The van der Waals surface area contributed by atoms with Gasteiger partial charge in [-0.15, -0.1) is 5.52 Å². The number of hydrogen-bond acceptors (Lipinski definition) is 2. The molecule has 0 saturated carbocycles. The molecule has 0 N–H and O–H groups in total. The van der Waals surface area contributed by atoms with Crippen molar-refractivity contribution in [3.05, 3.63) is 47.3 Å². The summed E-state index contributed by atoms with van der Waals surface area (Å²) >= 11 is 4.24. The number of nitrogens with zero attached hydrogens (tertiary/aromatic N) is 3. The van der Waals surface area contributed by atoms with Crippen LogP contribution in [0.2, 0.25) is 0 Å². The molecule has 0 unspecified atom stereocenters. The Hall–Kier alpha value is 1.15. The van der Waals surface area contributed by atoms with E-state index in [0.29, 0.717) is 5.52 Å². The predicted molar refractivity (Wildman–Crippen MR) is 79.2 cm³/mol. The third-order valence-electron chi connectivity index (χ3n) is 2.17. The number of halogens is 2. The average Bonchev–Trinajstić information content (AvgIpc) is 2.82. The topological polar surface area (TPSA) is 48.5 Å². The molecule has 0 spiro atoms. The van der Waals surface area contributed by atoms with E-state index in [1.54, 1.807) is 6.20 Å². The smallest absolute Gasteiger partial charge is 0.0736 e. The molecule has 1 aromatic carbocycles. The second-order valence-electron chi connectivity index (χ2n) is 2.99. The Labute approximate surface area is 166 Å². The first-order chi connectivity index (χ1) is 7.86. The number of aromatic nitrogens is 3. The maximum atomic E-state index is 11.4. The summed E-state index contributed by atoms with van der Waals surface area (Å²) in [6.07, 6.45) is 4.19. The van der Waals surface area contributed by atoms with E-state index in [9.17, 15) is 4.79 Å². The van der Waals surface area contributed by atoms with Gasteiger partial charge in [0, 0.05) is 91.0 Å². The molecule has 3 aromatic rings. The standard InChI is InChI=1S/C10H6N3O.I2.W.Y/c14-10-12-8-4-2-1-3-7(8)9-5-11-6-13(9)10;1-2;;/h1-5H,(H,12,14);;;/q-1;;;/p-1. The number of para-hydroxylation sites is 1. The largest absolute Gasteiger partial charge is 0.496 e. The van der Waals surface area contributed by atoms with Crippen LogP contribution in [0.1, 0.15) is 0 Å². The summed E-state index contributed by atoms with van der Waals surface area (Å²) in [6.45, 7) is 0. The van der Waals surface area contributed by atoms with Crippen molar-refractivity contribution < 1.29 is 53.8 Å². The zero-order valence-corrected chi connectivity index (χ0v) is 19.0. The van der Waals surface area contributed by atoms with Crippen LogP contribution in [0.5, 0.6) is 0 Å². The van der Waals surface area contributed by atoms with Crippen LogP contribution in [0.3, 0.4) is 0 Å². The molecule has 0 saturated heterocycles. The Morgan fingerprint density at radius 2 is 1.94 bits per heavy atom. The van der Waals surface area contributed by atoms with Gasteiger partial charge >= 0.3 is 0 Å². The fraction of sp³-hybridized carbons (Fsp3) is 0. The van der Waals surface area contributed by atoms with E-state index in [2.05, 4.69) is 53.5 Å². The fourth-order valence-corrected chi connectivity index (χ4v) is 1.54. The van der Waals surface area contributed by atoms with E-state index >= 15 is 0 Å². The van der Waals surface area contributed by atoms with Crippen LogP contribution in [-0.4, -0.2) is 9.38 Å². The van der Waals surface area contributed by atoms with Crippen LogP contribution in [0, 0.1) is 6.33 Å². The summed E-state index contributed by atoms with van der Waals surface area (Å²) in [4.78, 5) is 19.2. The van der Waals surface area contributed by atoms with Gasteiger partial charge in [0.05, 0.1) is 5.69 Å². The first-order valence-corrected chi connectivity index (χ1v) is 10.6. The summed E-state index contributed by atoms with van der Waals surface area (Å²) in [5, 5.41) is 0.917. The van der Waals surface area contributed by atoms with Crippen LogP contribution < -0.4 is 10.7 Å². The summed E-state index contributed by atoms with van der Waals surface area (Å²) in [6, 6.07) is 7.48. The molecule has 2 heterocycles. The van der Waals surface area contributed by atoms with Crippen LogP contribution in [0.25, 0.3) is 16.4 Å². The van der Waals surface area contributed by atoms with Crippen LogP contribution in [0.15, 0.2) is 35.3 Å². The number of hydrogen-bond donors (Lipinski definition) is 0. The van der Waals surface area contributed by atoms with Crippen molar-refractivity contribution in [2.75, 3.05) is 0 Å². The third-order valence-corrected chi connectivity index (χ3v) is 2.17. The molecule has 0 amide bonds. The summed E-state index contributed by atoms with van der Waals surface area (Å²) in [5.41, 5.74) is 1.11. The fourth-order valence-electron chi connectivity index (χ4n) is 1.54. The van der Waals surface area contributed by atoms with Gasteiger partial charge in [-0.25, -0.2) is 0 Å². The van der Waals surface area contributed by atoms with Crippen molar-refractivity contribution in [3.63, 3.8) is 0 Å². The second kappa shape index (κ2) is 9.15. The number of imidazole rings is 1. The molecule has 0 aliphatic carbocycles. The van der Waals surface area contributed by atoms with E-state index in [1.165, 1.54) is 4.40 Å². The van der Waals surface area contributed by atoms with E-state index in [1.807, 2.05) is 24.3 Å². The van der Waals surface area contributed by atoms with E-state index < -0.39 is 0 Å². The summed E-state index contributed by atoms with van der Waals surface area (Å²) in [5.74, 6) is 0. The van der Waals surface area contributed by atoms with Crippen LogP contribution in [-0.2, 0) is 53.8 Å². The Morgan fingerprint density at radius 1 is 1.28 bits per heavy atom. The van der Waals surface area contributed by atoms with Gasteiger partial charge < -0.3 is 19.2 Å². The van der Waals surface area contributed by atoms with Gasteiger partial charge in [-0.3, -0.25) is 0 Å².